The van der Waals surface area contributed by atoms with Crippen LogP contribution in [0, 0.1) is 12.8 Å². The van der Waals surface area contributed by atoms with Crippen LogP contribution >= 0.6 is 11.3 Å². The molecule has 94 valence electrons. The van der Waals surface area contributed by atoms with Crippen LogP contribution < -0.4 is 0 Å². The Morgan fingerprint density at radius 2 is 2.39 bits per heavy atom. The summed E-state index contributed by atoms with van der Waals surface area (Å²) in [5.74, 6) is 0.652. The van der Waals surface area contributed by atoms with Crippen molar-refractivity contribution in [1.82, 2.24) is 19.7 Å². The number of hydrogen-bond donors (Lipinski definition) is 0. The Balaban J connectivity index is 1.54. The zero-order valence-electron chi connectivity index (χ0n) is 10.1. The van der Waals surface area contributed by atoms with E-state index in [1.165, 1.54) is 17.7 Å². The minimum atomic E-state index is 0.156. The Kier molecular flexibility index (Phi) is 2.87. The average molecular weight is 262 g/mol. The van der Waals surface area contributed by atoms with E-state index in [4.69, 9.17) is 0 Å². The molecule has 1 fully saturated rings. The standard InChI is InChI=1S/C12H14N4OS/c1-9-2-11(18-6-9)12(17)15-3-10(4-15)5-16-8-13-7-14-16/h2,6-8,10H,3-5H2,1H3. The third kappa shape index (κ3) is 2.15. The van der Waals surface area contributed by atoms with Crippen LogP contribution in [0.3, 0.4) is 0 Å². The lowest BCUT2D eigenvalue weighted by Gasteiger charge is -2.38. The molecule has 0 saturated carbocycles. The van der Waals surface area contributed by atoms with E-state index in [1.807, 2.05) is 28.0 Å². The number of hydrogen-bond acceptors (Lipinski definition) is 4. The molecule has 0 aliphatic carbocycles. The Hall–Kier alpha value is -1.69. The van der Waals surface area contributed by atoms with E-state index in [0.29, 0.717) is 5.92 Å². The molecule has 0 radical (unpaired) electrons. The Morgan fingerprint density at radius 1 is 1.56 bits per heavy atom. The van der Waals surface area contributed by atoms with Crippen molar-refractivity contribution < 1.29 is 4.79 Å². The zero-order valence-corrected chi connectivity index (χ0v) is 10.9. The molecule has 0 aromatic carbocycles. The molecule has 1 aliphatic rings. The minimum Gasteiger partial charge on any atom is -0.337 e. The summed E-state index contributed by atoms with van der Waals surface area (Å²) in [5.41, 5.74) is 1.16. The second kappa shape index (κ2) is 4.53. The smallest absolute Gasteiger partial charge is 0.263 e. The number of aromatic nitrogens is 3. The molecular formula is C12H14N4OS. The van der Waals surface area contributed by atoms with Crippen molar-refractivity contribution in [1.29, 1.82) is 0 Å². The van der Waals surface area contributed by atoms with Crippen molar-refractivity contribution in [3.63, 3.8) is 0 Å². The maximum atomic E-state index is 12.1. The molecule has 2 aromatic heterocycles. The van der Waals surface area contributed by atoms with Crippen LogP contribution in [0.5, 0.6) is 0 Å². The lowest BCUT2D eigenvalue weighted by atomic mass is 10.00. The van der Waals surface area contributed by atoms with E-state index in [0.717, 1.165) is 30.1 Å². The first-order valence-corrected chi connectivity index (χ1v) is 6.77. The molecule has 1 saturated heterocycles. The molecule has 0 bridgehead atoms. The summed E-state index contributed by atoms with van der Waals surface area (Å²) in [6.07, 6.45) is 3.25. The van der Waals surface area contributed by atoms with Gasteiger partial charge in [0.2, 0.25) is 0 Å². The summed E-state index contributed by atoms with van der Waals surface area (Å²) in [5, 5.41) is 6.09. The van der Waals surface area contributed by atoms with Crippen LogP contribution in [0.1, 0.15) is 15.2 Å². The summed E-state index contributed by atoms with van der Waals surface area (Å²) < 4.78 is 1.82. The van der Waals surface area contributed by atoms with Gasteiger partial charge in [-0.05, 0) is 23.9 Å². The predicted octanol–water partition coefficient (Wildman–Crippen LogP) is 1.42. The highest BCUT2D eigenvalue weighted by atomic mass is 32.1. The lowest BCUT2D eigenvalue weighted by molar-refractivity contribution is 0.0466. The van der Waals surface area contributed by atoms with Crippen molar-refractivity contribution in [2.75, 3.05) is 13.1 Å². The quantitative estimate of drug-likeness (QED) is 0.840. The monoisotopic (exact) mass is 262 g/mol. The van der Waals surface area contributed by atoms with E-state index in [-0.39, 0.29) is 5.91 Å². The van der Waals surface area contributed by atoms with Crippen LogP contribution in [0.4, 0.5) is 0 Å². The van der Waals surface area contributed by atoms with Gasteiger partial charge in [0, 0.05) is 25.6 Å². The third-order valence-electron chi connectivity index (χ3n) is 3.10. The maximum absolute atomic E-state index is 12.1. The molecular weight excluding hydrogens is 248 g/mol. The number of nitrogens with zero attached hydrogens (tertiary/aromatic N) is 4. The first-order chi connectivity index (χ1) is 8.72. The van der Waals surface area contributed by atoms with Gasteiger partial charge in [-0.1, -0.05) is 0 Å². The predicted molar refractivity (Wildman–Crippen MR) is 68.5 cm³/mol. The largest absolute Gasteiger partial charge is 0.337 e. The summed E-state index contributed by atoms with van der Waals surface area (Å²) in [4.78, 5) is 18.7. The number of carbonyl (C=O) groups excluding carboxylic acids is 1. The first-order valence-electron chi connectivity index (χ1n) is 5.89. The molecule has 18 heavy (non-hydrogen) atoms. The van der Waals surface area contributed by atoms with Gasteiger partial charge in [0.25, 0.3) is 5.91 Å². The van der Waals surface area contributed by atoms with Gasteiger partial charge in [-0.15, -0.1) is 11.3 Å². The van der Waals surface area contributed by atoms with Gasteiger partial charge in [-0.2, -0.15) is 5.10 Å². The Labute approximate surface area is 109 Å². The highest BCUT2D eigenvalue weighted by Crippen LogP contribution is 2.23. The van der Waals surface area contributed by atoms with E-state index in [2.05, 4.69) is 10.1 Å². The SMILES string of the molecule is Cc1csc(C(=O)N2CC(Cn3cncn3)C2)c1. The molecule has 1 aliphatic heterocycles. The van der Waals surface area contributed by atoms with Crippen molar-refractivity contribution in [3.05, 3.63) is 34.5 Å². The maximum Gasteiger partial charge on any atom is 0.263 e. The number of thiophene rings is 1. The van der Waals surface area contributed by atoms with Crippen molar-refractivity contribution in [2.45, 2.75) is 13.5 Å². The second-order valence-corrected chi connectivity index (χ2v) is 5.59. The van der Waals surface area contributed by atoms with Crippen LogP contribution in [-0.4, -0.2) is 38.7 Å². The van der Waals surface area contributed by atoms with Crippen LogP contribution in [-0.2, 0) is 6.54 Å². The Bertz CT molecular complexity index is 542. The molecule has 5 nitrogen and oxygen atoms in total. The molecule has 6 heteroatoms. The first kappa shape index (κ1) is 11.4. The lowest BCUT2D eigenvalue weighted by Crippen LogP contribution is -2.51. The van der Waals surface area contributed by atoms with E-state index in [1.54, 1.807) is 6.33 Å². The van der Waals surface area contributed by atoms with E-state index < -0.39 is 0 Å². The highest BCUT2D eigenvalue weighted by molar-refractivity contribution is 7.12. The number of likely N-dealkylation sites (tertiary alicyclic amines) is 1. The third-order valence-corrected chi connectivity index (χ3v) is 4.13. The van der Waals surface area contributed by atoms with Crippen LogP contribution in [0.2, 0.25) is 0 Å². The molecule has 2 aromatic rings. The van der Waals surface area contributed by atoms with Crippen LogP contribution in [0.25, 0.3) is 0 Å². The fraction of sp³-hybridized carbons (Fsp3) is 0.417. The summed E-state index contributed by atoms with van der Waals surface area (Å²) in [7, 11) is 0. The molecule has 0 spiro atoms. The molecule has 0 atom stereocenters. The summed E-state index contributed by atoms with van der Waals surface area (Å²) >= 11 is 1.52. The topological polar surface area (TPSA) is 51.0 Å². The number of aryl methyl sites for hydroxylation is 1. The molecule has 1 amide bonds. The summed E-state index contributed by atoms with van der Waals surface area (Å²) in [6, 6.07) is 1.96. The van der Waals surface area contributed by atoms with Gasteiger partial charge in [0.05, 0.1) is 4.88 Å². The number of amides is 1. The van der Waals surface area contributed by atoms with Gasteiger partial charge < -0.3 is 4.90 Å². The Morgan fingerprint density at radius 3 is 3.00 bits per heavy atom. The van der Waals surface area contributed by atoms with Gasteiger partial charge in [0.1, 0.15) is 12.7 Å². The second-order valence-electron chi connectivity index (χ2n) is 4.68. The fourth-order valence-corrected chi connectivity index (χ4v) is 3.01. The molecule has 3 heterocycles. The molecule has 0 unspecified atom stereocenters. The van der Waals surface area contributed by atoms with Crippen molar-refractivity contribution in [2.24, 2.45) is 5.92 Å². The fourth-order valence-electron chi connectivity index (χ4n) is 2.14. The van der Waals surface area contributed by atoms with Gasteiger partial charge in [-0.3, -0.25) is 9.48 Å². The van der Waals surface area contributed by atoms with E-state index in [9.17, 15) is 4.79 Å². The van der Waals surface area contributed by atoms with Crippen molar-refractivity contribution in [3.8, 4) is 0 Å². The van der Waals surface area contributed by atoms with E-state index >= 15 is 0 Å². The van der Waals surface area contributed by atoms with Crippen molar-refractivity contribution >= 4 is 17.2 Å². The molecule has 3 rings (SSSR count). The minimum absolute atomic E-state index is 0.156. The van der Waals surface area contributed by atoms with Gasteiger partial charge in [0.15, 0.2) is 0 Å². The number of carbonyl (C=O) groups is 1. The zero-order chi connectivity index (χ0) is 12.5. The number of rotatable bonds is 3. The summed E-state index contributed by atoms with van der Waals surface area (Å²) in [6.45, 7) is 4.48. The molecule has 0 N–H and O–H groups in total. The average Bonchev–Trinajstić information content (AvgIpc) is 2.93. The van der Waals surface area contributed by atoms with Gasteiger partial charge >= 0.3 is 0 Å². The highest BCUT2D eigenvalue weighted by Gasteiger charge is 2.31. The van der Waals surface area contributed by atoms with Crippen LogP contribution in [0.15, 0.2) is 24.1 Å². The normalized spacial score (nSPS) is 15.7. The van der Waals surface area contributed by atoms with Gasteiger partial charge in [-0.25, -0.2) is 4.98 Å².